The highest BCUT2D eigenvalue weighted by Gasteiger charge is 2.05. The summed E-state index contributed by atoms with van der Waals surface area (Å²) in [6.07, 6.45) is 5.82. The topological polar surface area (TPSA) is 83.5 Å². The molecule has 0 aliphatic rings. The SMILES string of the molecule is O=C(CCCC(=O)Nc1ccc(I)cc1)N/N=C/c1cccnc1. The lowest BCUT2D eigenvalue weighted by Crippen LogP contribution is -2.18. The minimum atomic E-state index is -0.225. The quantitative estimate of drug-likeness (QED) is 0.398. The summed E-state index contributed by atoms with van der Waals surface area (Å²) in [6.45, 7) is 0. The summed E-state index contributed by atoms with van der Waals surface area (Å²) >= 11 is 2.20. The molecule has 6 nitrogen and oxygen atoms in total. The van der Waals surface area contributed by atoms with Crippen molar-refractivity contribution in [2.24, 2.45) is 5.10 Å². The third kappa shape index (κ3) is 6.86. The number of halogens is 1. The third-order valence-corrected chi connectivity index (χ3v) is 3.74. The number of benzene rings is 1. The number of hydrogen-bond donors (Lipinski definition) is 2. The van der Waals surface area contributed by atoms with Gasteiger partial charge in [0.2, 0.25) is 11.8 Å². The zero-order valence-electron chi connectivity index (χ0n) is 12.9. The summed E-state index contributed by atoms with van der Waals surface area (Å²) in [7, 11) is 0. The van der Waals surface area contributed by atoms with Gasteiger partial charge in [0, 0.05) is 40.1 Å². The number of anilines is 1. The summed E-state index contributed by atoms with van der Waals surface area (Å²) in [4.78, 5) is 27.4. The van der Waals surface area contributed by atoms with Gasteiger partial charge in [-0.25, -0.2) is 5.43 Å². The number of nitrogens with zero attached hydrogens (tertiary/aromatic N) is 2. The van der Waals surface area contributed by atoms with E-state index >= 15 is 0 Å². The number of nitrogens with one attached hydrogen (secondary N) is 2. The van der Waals surface area contributed by atoms with Crippen molar-refractivity contribution in [1.29, 1.82) is 0 Å². The van der Waals surface area contributed by atoms with Gasteiger partial charge in [0.25, 0.3) is 0 Å². The fraction of sp³-hybridized carbons (Fsp3) is 0.176. The fourth-order valence-corrected chi connectivity index (χ4v) is 2.21. The number of hydrazone groups is 1. The lowest BCUT2D eigenvalue weighted by atomic mass is 10.2. The van der Waals surface area contributed by atoms with E-state index in [9.17, 15) is 9.59 Å². The molecule has 0 aliphatic carbocycles. The summed E-state index contributed by atoms with van der Waals surface area (Å²) in [6, 6.07) is 11.2. The van der Waals surface area contributed by atoms with Crippen LogP contribution in [0.15, 0.2) is 53.9 Å². The number of pyridine rings is 1. The van der Waals surface area contributed by atoms with E-state index in [4.69, 9.17) is 0 Å². The molecule has 24 heavy (non-hydrogen) atoms. The molecule has 1 heterocycles. The molecule has 7 heteroatoms. The van der Waals surface area contributed by atoms with Crippen LogP contribution in [0, 0.1) is 3.57 Å². The Hall–Kier alpha value is -2.29. The minimum Gasteiger partial charge on any atom is -0.326 e. The van der Waals surface area contributed by atoms with Crippen LogP contribution in [0.1, 0.15) is 24.8 Å². The van der Waals surface area contributed by atoms with Crippen LogP contribution in [0.2, 0.25) is 0 Å². The van der Waals surface area contributed by atoms with E-state index < -0.39 is 0 Å². The Balaban J connectivity index is 1.64. The number of carbonyl (C=O) groups is 2. The number of amides is 2. The standard InChI is InChI=1S/C17H17IN4O2/c18-14-6-8-15(9-7-14)21-16(23)4-1-5-17(24)22-20-12-13-3-2-10-19-11-13/h2-3,6-12H,1,4-5H2,(H,21,23)(H,22,24)/b20-12+. The predicted molar refractivity (Wildman–Crippen MR) is 102 cm³/mol. The first-order valence-corrected chi connectivity index (χ1v) is 8.49. The van der Waals surface area contributed by atoms with Crippen molar-refractivity contribution in [1.82, 2.24) is 10.4 Å². The average molecular weight is 436 g/mol. The van der Waals surface area contributed by atoms with Gasteiger partial charge in [-0.15, -0.1) is 0 Å². The molecule has 0 atom stereocenters. The van der Waals surface area contributed by atoms with Crippen LogP contribution >= 0.6 is 22.6 Å². The highest BCUT2D eigenvalue weighted by Crippen LogP contribution is 2.11. The van der Waals surface area contributed by atoms with E-state index in [1.165, 1.54) is 6.21 Å². The predicted octanol–water partition coefficient (Wildman–Crippen LogP) is 2.95. The summed E-state index contributed by atoms with van der Waals surface area (Å²) in [5.74, 6) is -0.333. The summed E-state index contributed by atoms with van der Waals surface area (Å²) in [5.41, 5.74) is 3.99. The van der Waals surface area contributed by atoms with Gasteiger partial charge in [-0.1, -0.05) is 6.07 Å². The van der Waals surface area contributed by atoms with Gasteiger partial charge >= 0.3 is 0 Å². The Morgan fingerprint density at radius 3 is 2.58 bits per heavy atom. The molecule has 124 valence electrons. The van der Waals surface area contributed by atoms with Crippen LogP contribution < -0.4 is 10.7 Å². The number of rotatable bonds is 7. The summed E-state index contributed by atoms with van der Waals surface area (Å²) in [5, 5.41) is 6.65. The first-order valence-electron chi connectivity index (χ1n) is 7.41. The monoisotopic (exact) mass is 436 g/mol. The maximum atomic E-state index is 11.8. The van der Waals surface area contributed by atoms with Crippen molar-refractivity contribution in [3.63, 3.8) is 0 Å². The molecule has 2 aromatic rings. The van der Waals surface area contributed by atoms with Gasteiger partial charge in [-0.3, -0.25) is 14.6 Å². The van der Waals surface area contributed by atoms with Crippen molar-refractivity contribution in [3.8, 4) is 0 Å². The van der Waals surface area contributed by atoms with E-state index in [-0.39, 0.29) is 24.7 Å². The Labute approximate surface area is 153 Å². The van der Waals surface area contributed by atoms with Crippen molar-refractivity contribution in [2.45, 2.75) is 19.3 Å². The molecule has 0 saturated heterocycles. The number of aromatic nitrogens is 1. The molecule has 1 aromatic carbocycles. The van der Waals surface area contributed by atoms with E-state index in [1.54, 1.807) is 18.5 Å². The highest BCUT2D eigenvalue weighted by molar-refractivity contribution is 14.1. The zero-order valence-corrected chi connectivity index (χ0v) is 15.1. The molecule has 1 aromatic heterocycles. The van der Waals surface area contributed by atoms with Crippen LogP contribution in [0.5, 0.6) is 0 Å². The van der Waals surface area contributed by atoms with Crippen molar-refractivity contribution in [2.75, 3.05) is 5.32 Å². The minimum absolute atomic E-state index is 0.108. The van der Waals surface area contributed by atoms with E-state index in [0.29, 0.717) is 6.42 Å². The second-order valence-corrected chi connectivity index (χ2v) is 6.23. The fourth-order valence-electron chi connectivity index (χ4n) is 1.85. The molecule has 0 aliphatic heterocycles. The Morgan fingerprint density at radius 2 is 1.88 bits per heavy atom. The second kappa shape index (κ2) is 9.76. The lowest BCUT2D eigenvalue weighted by molar-refractivity contribution is -0.121. The molecule has 2 N–H and O–H groups in total. The van der Waals surface area contributed by atoms with Gasteiger partial charge in [0.15, 0.2) is 0 Å². The van der Waals surface area contributed by atoms with E-state index in [1.807, 2.05) is 30.3 Å². The zero-order chi connectivity index (χ0) is 17.2. The first-order chi connectivity index (χ1) is 11.6. The average Bonchev–Trinajstić information content (AvgIpc) is 2.58. The van der Waals surface area contributed by atoms with Crippen molar-refractivity contribution in [3.05, 3.63) is 57.9 Å². The van der Waals surface area contributed by atoms with Crippen molar-refractivity contribution < 1.29 is 9.59 Å². The molecule has 0 spiro atoms. The Bertz CT molecular complexity index is 702. The molecule has 0 fully saturated rings. The van der Waals surface area contributed by atoms with Crippen LogP contribution in [-0.4, -0.2) is 23.0 Å². The van der Waals surface area contributed by atoms with Crippen LogP contribution in [0.3, 0.4) is 0 Å². The van der Waals surface area contributed by atoms with Crippen LogP contribution in [0.25, 0.3) is 0 Å². The highest BCUT2D eigenvalue weighted by atomic mass is 127. The maximum absolute atomic E-state index is 11.8. The molecular weight excluding hydrogens is 419 g/mol. The third-order valence-electron chi connectivity index (χ3n) is 3.02. The van der Waals surface area contributed by atoms with E-state index in [2.05, 4.69) is 43.4 Å². The van der Waals surface area contributed by atoms with Crippen LogP contribution in [-0.2, 0) is 9.59 Å². The van der Waals surface area contributed by atoms with Crippen LogP contribution in [0.4, 0.5) is 5.69 Å². The smallest absolute Gasteiger partial charge is 0.240 e. The molecule has 0 bridgehead atoms. The molecule has 0 radical (unpaired) electrons. The van der Waals surface area contributed by atoms with Gasteiger partial charge in [-0.2, -0.15) is 5.10 Å². The van der Waals surface area contributed by atoms with Gasteiger partial charge in [0.05, 0.1) is 6.21 Å². The molecule has 0 saturated carbocycles. The van der Waals surface area contributed by atoms with Gasteiger partial charge < -0.3 is 5.32 Å². The first kappa shape index (κ1) is 18.1. The van der Waals surface area contributed by atoms with Gasteiger partial charge in [0.1, 0.15) is 0 Å². The van der Waals surface area contributed by atoms with Crippen molar-refractivity contribution >= 4 is 46.3 Å². The summed E-state index contributed by atoms with van der Waals surface area (Å²) < 4.78 is 1.11. The lowest BCUT2D eigenvalue weighted by Gasteiger charge is -2.05. The Kier molecular flexibility index (Phi) is 7.34. The second-order valence-electron chi connectivity index (χ2n) is 4.99. The maximum Gasteiger partial charge on any atom is 0.240 e. The normalized spacial score (nSPS) is 10.5. The Morgan fingerprint density at radius 1 is 1.12 bits per heavy atom. The number of carbonyl (C=O) groups excluding carboxylic acids is 2. The molecule has 2 rings (SSSR count). The molecular formula is C17H17IN4O2. The number of hydrogen-bond acceptors (Lipinski definition) is 4. The van der Waals surface area contributed by atoms with Gasteiger partial charge in [-0.05, 0) is 59.3 Å². The molecule has 0 unspecified atom stereocenters. The largest absolute Gasteiger partial charge is 0.326 e. The van der Waals surface area contributed by atoms with E-state index in [0.717, 1.165) is 14.8 Å². The molecule has 2 amide bonds.